The molecule has 6 nitrogen and oxygen atoms in total. The number of nitrogens with zero attached hydrogens (tertiary/aromatic N) is 3. The third-order valence-electron chi connectivity index (χ3n) is 5.01. The van der Waals surface area contributed by atoms with Gasteiger partial charge in [0.05, 0.1) is 11.4 Å². The van der Waals surface area contributed by atoms with E-state index in [1.165, 1.54) is 9.56 Å². The molecule has 1 amide bonds. The molecular formula is C22H28N4O2S. The minimum atomic E-state index is -0.256. The lowest BCUT2D eigenvalue weighted by molar-refractivity contribution is 0.0936. The summed E-state index contributed by atoms with van der Waals surface area (Å²) in [5, 5.41) is 10.6. The van der Waals surface area contributed by atoms with Crippen LogP contribution in [0.1, 0.15) is 47.6 Å². The van der Waals surface area contributed by atoms with Gasteiger partial charge < -0.3 is 10.2 Å². The minimum Gasteiger partial charge on any atom is -0.349 e. The number of amides is 1. The van der Waals surface area contributed by atoms with Crippen molar-refractivity contribution < 1.29 is 4.79 Å². The molecule has 0 aliphatic carbocycles. The van der Waals surface area contributed by atoms with Crippen LogP contribution < -0.4 is 10.9 Å². The van der Waals surface area contributed by atoms with Crippen LogP contribution in [0.25, 0.3) is 10.8 Å². The zero-order valence-electron chi connectivity index (χ0n) is 17.2. The minimum absolute atomic E-state index is 0.0840. The van der Waals surface area contributed by atoms with Gasteiger partial charge in [-0.3, -0.25) is 9.59 Å². The molecule has 0 radical (unpaired) electrons. The Morgan fingerprint density at radius 1 is 1.17 bits per heavy atom. The van der Waals surface area contributed by atoms with Crippen LogP contribution in [0.4, 0.5) is 0 Å². The van der Waals surface area contributed by atoms with Crippen LogP contribution in [0, 0.1) is 0 Å². The Kier molecular flexibility index (Phi) is 7.17. The number of carbonyl (C=O) groups excluding carboxylic acids is 1. The highest BCUT2D eigenvalue weighted by Crippen LogP contribution is 2.22. The van der Waals surface area contributed by atoms with Crippen molar-refractivity contribution in [2.45, 2.75) is 38.8 Å². The standard InChI is InChI=1S/C22H28N4O2S/c1-4-5-8-13-26-22(28)17-11-7-6-10-16(17)20(24-26)21(27)23-15-18(25(2)3)19-12-9-14-29-19/h6-7,9-12,14,18H,4-5,8,13,15H2,1-3H3,(H,23,27). The van der Waals surface area contributed by atoms with Crippen LogP contribution in [0.3, 0.4) is 0 Å². The molecule has 7 heteroatoms. The summed E-state index contributed by atoms with van der Waals surface area (Å²) in [5.74, 6) is -0.256. The quantitative estimate of drug-likeness (QED) is 0.545. The Balaban J connectivity index is 1.88. The Hall–Kier alpha value is -2.51. The number of hydrogen-bond donors (Lipinski definition) is 1. The van der Waals surface area contributed by atoms with Gasteiger partial charge in [0.1, 0.15) is 0 Å². The topological polar surface area (TPSA) is 67.2 Å². The number of likely N-dealkylation sites (N-methyl/N-ethyl adjacent to an activating group) is 1. The first-order chi connectivity index (χ1) is 14.0. The molecule has 0 aliphatic rings. The maximum Gasteiger partial charge on any atom is 0.274 e. The molecule has 3 rings (SSSR count). The van der Waals surface area contributed by atoms with Crippen molar-refractivity contribution in [1.29, 1.82) is 0 Å². The third-order valence-corrected chi connectivity index (χ3v) is 5.98. The number of carbonyl (C=O) groups is 1. The molecule has 154 valence electrons. The van der Waals surface area contributed by atoms with Crippen molar-refractivity contribution in [2.24, 2.45) is 0 Å². The van der Waals surface area contributed by atoms with Crippen molar-refractivity contribution in [3.8, 4) is 0 Å². The van der Waals surface area contributed by atoms with Gasteiger partial charge in [0.15, 0.2) is 5.69 Å². The molecule has 29 heavy (non-hydrogen) atoms. The van der Waals surface area contributed by atoms with Crippen LogP contribution in [-0.4, -0.2) is 41.2 Å². The van der Waals surface area contributed by atoms with E-state index in [0.717, 1.165) is 19.3 Å². The van der Waals surface area contributed by atoms with E-state index in [0.29, 0.717) is 29.6 Å². The smallest absolute Gasteiger partial charge is 0.274 e. The van der Waals surface area contributed by atoms with Crippen LogP contribution in [0.15, 0.2) is 46.6 Å². The van der Waals surface area contributed by atoms with Gasteiger partial charge in [-0.25, -0.2) is 4.68 Å². The van der Waals surface area contributed by atoms with Gasteiger partial charge in [-0.2, -0.15) is 5.10 Å². The van der Waals surface area contributed by atoms with Gasteiger partial charge in [0.25, 0.3) is 11.5 Å². The molecule has 2 aromatic heterocycles. The second-order valence-corrected chi connectivity index (χ2v) is 8.31. The van der Waals surface area contributed by atoms with E-state index >= 15 is 0 Å². The summed E-state index contributed by atoms with van der Waals surface area (Å²) < 4.78 is 1.44. The Morgan fingerprint density at radius 3 is 2.59 bits per heavy atom. The highest BCUT2D eigenvalue weighted by atomic mass is 32.1. The number of unbranched alkanes of at least 4 members (excludes halogenated alkanes) is 2. The van der Waals surface area contributed by atoms with Gasteiger partial charge in [-0.15, -0.1) is 11.3 Å². The van der Waals surface area contributed by atoms with E-state index < -0.39 is 0 Å². The van der Waals surface area contributed by atoms with Gasteiger partial charge in [-0.1, -0.05) is 44.0 Å². The summed E-state index contributed by atoms with van der Waals surface area (Å²) in [6, 6.07) is 11.4. The monoisotopic (exact) mass is 412 g/mol. The molecule has 1 atom stereocenters. The molecule has 1 unspecified atom stereocenters. The number of fused-ring (bicyclic) bond motifs is 1. The second kappa shape index (κ2) is 9.80. The number of thiophene rings is 1. The van der Waals surface area contributed by atoms with E-state index in [-0.39, 0.29) is 17.5 Å². The number of aryl methyl sites for hydroxylation is 1. The lowest BCUT2D eigenvalue weighted by Crippen LogP contribution is -2.36. The van der Waals surface area contributed by atoms with Crippen molar-refractivity contribution in [2.75, 3.05) is 20.6 Å². The van der Waals surface area contributed by atoms with Crippen molar-refractivity contribution in [3.63, 3.8) is 0 Å². The van der Waals surface area contributed by atoms with Gasteiger partial charge in [0, 0.05) is 23.4 Å². The molecule has 0 saturated carbocycles. The molecule has 0 saturated heterocycles. The summed E-state index contributed by atoms with van der Waals surface area (Å²) in [6.07, 6.45) is 2.95. The van der Waals surface area contributed by atoms with Gasteiger partial charge >= 0.3 is 0 Å². The highest BCUT2D eigenvalue weighted by molar-refractivity contribution is 7.10. The summed E-state index contributed by atoms with van der Waals surface area (Å²) in [4.78, 5) is 29.1. The van der Waals surface area contributed by atoms with Gasteiger partial charge in [0.2, 0.25) is 0 Å². The summed E-state index contributed by atoms with van der Waals surface area (Å²) >= 11 is 1.67. The molecule has 1 aromatic carbocycles. The number of aromatic nitrogens is 2. The fraction of sp³-hybridized carbons (Fsp3) is 0.409. The van der Waals surface area contributed by atoms with E-state index in [4.69, 9.17) is 0 Å². The Labute approximate surface area is 175 Å². The Bertz CT molecular complexity index is 1010. The molecule has 3 aromatic rings. The van der Waals surface area contributed by atoms with Gasteiger partial charge in [-0.05, 0) is 38.0 Å². The average Bonchev–Trinajstić information content (AvgIpc) is 3.24. The zero-order chi connectivity index (χ0) is 20.8. The molecule has 0 fully saturated rings. The van der Waals surface area contributed by atoms with Crippen LogP contribution in [0.5, 0.6) is 0 Å². The van der Waals surface area contributed by atoms with E-state index in [9.17, 15) is 9.59 Å². The van der Waals surface area contributed by atoms with E-state index in [1.807, 2.05) is 37.7 Å². The molecule has 0 spiro atoms. The average molecular weight is 413 g/mol. The van der Waals surface area contributed by atoms with E-state index in [2.05, 4.69) is 28.3 Å². The first kappa shape index (κ1) is 21.2. The fourth-order valence-electron chi connectivity index (χ4n) is 3.36. The molecular weight excluding hydrogens is 384 g/mol. The maximum absolute atomic E-state index is 13.0. The molecule has 2 heterocycles. The molecule has 0 aliphatic heterocycles. The predicted octanol–water partition coefficient (Wildman–Crippen LogP) is 3.68. The molecule has 0 bridgehead atoms. The van der Waals surface area contributed by atoms with Crippen molar-refractivity contribution >= 4 is 28.0 Å². The fourth-order valence-corrected chi connectivity index (χ4v) is 4.28. The first-order valence-electron chi connectivity index (χ1n) is 10.0. The summed E-state index contributed by atoms with van der Waals surface area (Å²) in [5.41, 5.74) is 0.165. The van der Waals surface area contributed by atoms with Crippen LogP contribution in [0.2, 0.25) is 0 Å². The third kappa shape index (κ3) is 4.92. The summed E-state index contributed by atoms with van der Waals surface area (Å²) in [7, 11) is 4.00. The SMILES string of the molecule is CCCCCn1nc(C(=O)NCC(c2cccs2)N(C)C)c2ccccc2c1=O. The first-order valence-corrected chi connectivity index (χ1v) is 10.9. The largest absolute Gasteiger partial charge is 0.349 e. The Morgan fingerprint density at radius 2 is 1.93 bits per heavy atom. The lowest BCUT2D eigenvalue weighted by atomic mass is 10.1. The lowest BCUT2D eigenvalue weighted by Gasteiger charge is -2.23. The number of benzene rings is 1. The van der Waals surface area contributed by atoms with Crippen molar-refractivity contribution in [1.82, 2.24) is 20.0 Å². The zero-order valence-corrected chi connectivity index (χ0v) is 18.0. The number of rotatable bonds is 9. The second-order valence-electron chi connectivity index (χ2n) is 7.33. The normalized spacial score (nSPS) is 12.4. The number of hydrogen-bond acceptors (Lipinski definition) is 5. The van der Waals surface area contributed by atoms with Crippen molar-refractivity contribution in [3.05, 3.63) is 62.7 Å². The number of nitrogens with one attached hydrogen (secondary N) is 1. The van der Waals surface area contributed by atoms with Crippen LogP contribution in [-0.2, 0) is 6.54 Å². The highest BCUT2D eigenvalue weighted by Gasteiger charge is 2.20. The molecule has 1 N–H and O–H groups in total. The van der Waals surface area contributed by atoms with E-state index in [1.54, 1.807) is 23.5 Å². The maximum atomic E-state index is 13.0. The summed E-state index contributed by atoms with van der Waals surface area (Å²) in [6.45, 7) is 3.11. The predicted molar refractivity (Wildman–Crippen MR) is 119 cm³/mol. The van der Waals surface area contributed by atoms with Crippen LogP contribution >= 0.6 is 11.3 Å².